The van der Waals surface area contributed by atoms with Gasteiger partial charge in [0.1, 0.15) is 5.75 Å². The molecule has 1 aromatic carbocycles. The fourth-order valence-corrected chi connectivity index (χ4v) is 1.22. The standard InChI is InChI=1S/C11H16N2O3/c1-8-3-4-9(2)10(7-8)15-6-5-11(14)16-13-12/h3-4,7,13H,5-6,12H2,1-2H3. The summed E-state index contributed by atoms with van der Waals surface area (Å²) in [6.07, 6.45) is 0.150. The number of ether oxygens (including phenoxy) is 1. The van der Waals surface area contributed by atoms with E-state index in [0.717, 1.165) is 16.9 Å². The third-order valence-electron chi connectivity index (χ3n) is 2.08. The molecular weight excluding hydrogens is 208 g/mol. The Balaban J connectivity index is 2.42. The van der Waals surface area contributed by atoms with Gasteiger partial charge in [0.15, 0.2) is 0 Å². The van der Waals surface area contributed by atoms with Gasteiger partial charge >= 0.3 is 5.97 Å². The summed E-state index contributed by atoms with van der Waals surface area (Å²) in [7, 11) is 0. The fourth-order valence-electron chi connectivity index (χ4n) is 1.22. The summed E-state index contributed by atoms with van der Waals surface area (Å²) in [6, 6.07) is 5.92. The minimum atomic E-state index is -0.451. The van der Waals surface area contributed by atoms with Crippen LogP contribution in [0.2, 0.25) is 0 Å². The number of hydrazine groups is 1. The Morgan fingerprint density at radius 2 is 2.19 bits per heavy atom. The number of aryl methyl sites for hydroxylation is 2. The van der Waals surface area contributed by atoms with Crippen LogP contribution < -0.4 is 16.2 Å². The summed E-state index contributed by atoms with van der Waals surface area (Å²) in [5.41, 5.74) is 3.99. The highest BCUT2D eigenvalue weighted by atomic mass is 16.7. The molecule has 0 spiro atoms. The Bertz CT molecular complexity index is 366. The topological polar surface area (TPSA) is 73.6 Å². The molecule has 0 aliphatic heterocycles. The van der Waals surface area contributed by atoms with Crippen molar-refractivity contribution in [3.05, 3.63) is 29.3 Å². The number of rotatable bonds is 5. The predicted octanol–water partition coefficient (Wildman–Crippen LogP) is 0.994. The van der Waals surface area contributed by atoms with Crippen LogP contribution in [0.1, 0.15) is 17.5 Å². The molecule has 0 fully saturated rings. The summed E-state index contributed by atoms with van der Waals surface area (Å²) < 4.78 is 5.47. The third kappa shape index (κ3) is 3.88. The Kier molecular flexibility index (Phi) is 4.75. The van der Waals surface area contributed by atoms with E-state index in [1.165, 1.54) is 0 Å². The number of benzene rings is 1. The fraction of sp³-hybridized carbons (Fsp3) is 0.364. The van der Waals surface area contributed by atoms with E-state index in [9.17, 15) is 4.79 Å². The zero-order valence-corrected chi connectivity index (χ0v) is 9.45. The van der Waals surface area contributed by atoms with E-state index in [1.54, 1.807) is 0 Å². The number of nitrogens with one attached hydrogen (secondary N) is 1. The summed E-state index contributed by atoms with van der Waals surface area (Å²) in [6.45, 7) is 4.21. The average molecular weight is 224 g/mol. The lowest BCUT2D eigenvalue weighted by molar-refractivity contribution is -0.151. The molecule has 3 N–H and O–H groups in total. The third-order valence-corrected chi connectivity index (χ3v) is 2.08. The number of hydrogen-bond donors (Lipinski definition) is 2. The van der Waals surface area contributed by atoms with Crippen LogP contribution in [-0.4, -0.2) is 12.6 Å². The number of carbonyl (C=O) groups is 1. The highest BCUT2D eigenvalue weighted by molar-refractivity contribution is 5.69. The van der Waals surface area contributed by atoms with Crippen molar-refractivity contribution >= 4 is 5.97 Å². The van der Waals surface area contributed by atoms with Gasteiger partial charge in [-0.25, -0.2) is 5.84 Å². The van der Waals surface area contributed by atoms with Crippen molar-refractivity contribution in [1.29, 1.82) is 0 Å². The largest absolute Gasteiger partial charge is 0.493 e. The smallest absolute Gasteiger partial charge is 0.329 e. The SMILES string of the molecule is Cc1ccc(C)c(OCCC(=O)ONN)c1. The van der Waals surface area contributed by atoms with E-state index in [1.807, 2.05) is 37.6 Å². The van der Waals surface area contributed by atoms with Gasteiger partial charge in [-0.2, -0.15) is 0 Å². The van der Waals surface area contributed by atoms with E-state index in [4.69, 9.17) is 10.6 Å². The molecule has 0 atom stereocenters. The van der Waals surface area contributed by atoms with Crippen LogP contribution in [0.5, 0.6) is 5.75 Å². The molecule has 1 aromatic rings. The number of hydrogen-bond acceptors (Lipinski definition) is 5. The van der Waals surface area contributed by atoms with Crippen LogP contribution in [0.3, 0.4) is 0 Å². The Hall–Kier alpha value is -1.59. The van der Waals surface area contributed by atoms with Gasteiger partial charge in [0.25, 0.3) is 0 Å². The van der Waals surface area contributed by atoms with Crippen molar-refractivity contribution in [2.45, 2.75) is 20.3 Å². The molecule has 88 valence electrons. The summed E-state index contributed by atoms with van der Waals surface area (Å²) in [5, 5.41) is 0. The van der Waals surface area contributed by atoms with E-state index >= 15 is 0 Å². The molecule has 0 aliphatic carbocycles. The lowest BCUT2D eigenvalue weighted by Gasteiger charge is -2.09. The van der Waals surface area contributed by atoms with Crippen molar-refractivity contribution in [3.8, 4) is 5.75 Å². The van der Waals surface area contributed by atoms with Gasteiger partial charge in [-0.1, -0.05) is 17.7 Å². The van der Waals surface area contributed by atoms with Crippen molar-refractivity contribution < 1.29 is 14.4 Å². The lowest BCUT2D eigenvalue weighted by Crippen LogP contribution is -2.27. The van der Waals surface area contributed by atoms with E-state index in [0.29, 0.717) is 0 Å². The minimum absolute atomic E-state index is 0.150. The van der Waals surface area contributed by atoms with Gasteiger partial charge in [-0.15, -0.1) is 0 Å². The van der Waals surface area contributed by atoms with Crippen molar-refractivity contribution in [3.63, 3.8) is 0 Å². The van der Waals surface area contributed by atoms with Crippen molar-refractivity contribution in [1.82, 2.24) is 5.59 Å². The highest BCUT2D eigenvalue weighted by Gasteiger charge is 2.04. The van der Waals surface area contributed by atoms with Crippen LogP contribution in [0.4, 0.5) is 0 Å². The monoisotopic (exact) mass is 224 g/mol. The Morgan fingerprint density at radius 1 is 1.44 bits per heavy atom. The first-order valence-electron chi connectivity index (χ1n) is 4.99. The molecule has 5 heteroatoms. The highest BCUT2D eigenvalue weighted by Crippen LogP contribution is 2.19. The molecule has 0 aliphatic rings. The molecular formula is C11H16N2O3. The van der Waals surface area contributed by atoms with E-state index in [2.05, 4.69) is 4.84 Å². The second-order valence-electron chi connectivity index (χ2n) is 3.46. The van der Waals surface area contributed by atoms with Crippen LogP contribution in [-0.2, 0) is 9.63 Å². The molecule has 16 heavy (non-hydrogen) atoms. The van der Waals surface area contributed by atoms with Crippen molar-refractivity contribution in [2.75, 3.05) is 6.61 Å². The van der Waals surface area contributed by atoms with Gasteiger partial charge < -0.3 is 9.57 Å². The normalized spacial score (nSPS) is 9.94. The number of nitrogens with two attached hydrogens (primary N) is 1. The molecule has 0 radical (unpaired) electrons. The van der Waals surface area contributed by atoms with Gasteiger partial charge in [0.2, 0.25) is 0 Å². The van der Waals surface area contributed by atoms with Crippen LogP contribution in [0.15, 0.2) is 18.2 Å². The quantitative estimate of drug-likeness (QED) is 0.576. The first kappa shape index (κ1) is 12.5. The molecule has 0 heterocycles. The summed E-state index contributed by atoms with van der Waals surface area (Å²) in [5.74, 6) is 5.16. The minimum Gasteiger partial charge on any atom is -0.493 e. The lowest BCUT2D eigenvalue weighted by atomic mass is 10.1. The molecule has 5 nitrogen and oxygen atoms in total. The van der Waals surface area contributed by atoms with Gasteiger partial charge in [0, 0.05) is 0 Å². The average Bonchev–Trinajstić information content (AvgIpc) is 2.23. The molecule has 0 bridgehead atoms. The predicted molar refractivity (Wildman–Crippen MR) is 59.4 cm³/mol. The maximum absolute atomic E-state index is 10.9. The van der Waals surface area contributed by atoms with Gasteiger partial charge in [-0.3, -0.25) is 4.79 Å². The summed E-state index contributed by atoms with van der Waals surface area (Å²) in [4.78, 5) is 15.3. The molecule has 1 rings (SSSR count). The maximum Gasteiger partial charge on any atom is 0.329 e. The molecule has 0 unspecified atom stereocenters. The maximum atomic E-state index is 10.9. The Labute approximate surface area is 94.5 Å². The zero-order chi connectivity index (χ0) is 12.0. The van der Waals surface area contributed by atoms with Crippen LogP contribution in [0, 0.1) is 13.8 Å². The number of carbonyl (C=O) groups excluding carboxylic acids is 1. The van der Waals surface area contributed by atoms with E-state index < -0.39 is 5.97 Å². The second-order valence-corrected chi connectivity index (χ2v) is 3.46. The molecule has 0 amide bonds. The molecule has 0 saturated heterocycles. The van der Waals surface area contributed by atoms with E-state index in [-0.39, 0.29) is 13.0 Å². The summed E-state index contributed by atoms with van der Waals surface area (Å²) >= 11 is 0. The first-order valence-corrected chi connectivity index (χ1v) is 4.99. The Morgan fingerprint density at radius 3 is 2.88 bits per heavy atom. The molecule has 0 saturated carbocycles. The zero-order valence-electron chi connectivity index (χ0n) is 9.45. The van der Waals surface area contributed by atoms with Gasteiger partial charge in [-0.05, 0) is 31.0 Å². The van der Waals surface area contributed by atoms with Crippen LogP contribution in [0.25, 0.3) is 0 Å². The second kappa shape index (κ2) is 6.09. The molecule has 0 aromatic heterocycles. The van der Waals surface area contributed by atoms with Gasteiger partial charge in [0.05, 0.1) is 13.0 Å². The van der Waals surface area contributed by atoms with Crippen molar-refractivity contribution in [2.24, 2.45) is 5.84 Å². The first-order chi connectivity index (χ1) is 7.63. The van der Waals surface area contributed by atoms with Crippen LogP contribution >= 0.6 is 0 Å².